The molecule has 0 atom stereocenters. The van der Waals surface area contributed by atoms with Crippen LogP contribution in [0.4, 0.5) is 4.39 Å². The van der Waals surface area contributed by atoms with Crippen LogP contribution in [0.3, 0.4) is 0 Å². The maximum Gasteiger partial charge on any atom is 0.231 e. The number of ether oxygens (including phenoxy) is 2. The van der Waals surface area contributed by atoms with Crippen molar-refractivity contribution in [2.75, 3.05) is 0 Å². The SMILES string of the molecule is Cc1ccccc1COc1ccc2c(c1)O/C(=C\c1cccc(F)c1)C2=O. The lowest BCUT2D eigenvalue weighted by atomic mass is 10.1. The Balaban J connectivity index is 1.53. The summed E-state index contributed by atoms with van der Waals surface area (Å²) < 4.78 is 24.9. The second-order valence-corrected chi connectivity index (χ2v) is 6.37. The minimum Gasteiger partial charge on any atom is -0.489 e. The molecular formula is C23H17FO3. The van der Waals surface area contributed by atoms with E-state index in [0.717, 1.165) is 11.1 Å². The number of allylic oxidation sites excluding steroid dienone is 1. The molecule has 1 aliphatic rings. The van der Waals surface area contributed by atoms with E-state index in [1.165, 1.54) is 12.1 Å². The number of hydrogen-bond acceptors (Lipinski definition) is 3. The number of rotatable bonds is 4. The molecule has 0 aromatic heterocycles. The lowest BCUT2D eigenvalue weighted by Crippen LogP contribution is -1.98. The molecule has 4 heteroatoms. The van der Waals surface area contributed by atoms with Gasteiger partial charge in [0.15, 0.2) is 5.76 Å². The van der Waals surface area contributed by atoms with E-state index in [9.17, 15) is 9.18 Å². The van der Waals surface area contributed by atoms with Crippen molar-refractivity contribution < 1.29 is 18.7 Å². The number of benzene rings is 3. The van der Waals surface area contributed by atoms with Crippen LogP contribution in [0.15, 0.2) is 72.5 Å². The van der Waals surface area contributed by atoms with Crippen molar-refractivity contribution in [3.8, 4) is 11.5 Å². The third-order valence-corrected chi connectivity index (χ3v) is 4.44. The zero-order valence-corrected chi connectivity index (χ0v) is 14.7. The summed E-state index contributed by atoms with van der Waals surface area (Å²) >= 11 is 0. The van der Waals surface area contributed by atoms with Crippen molar-refractivity contribution in [3.63, 3.8) is 0 Å². The van der Waals surface area contributed by atoms with Gasteiger partial charge in [-0.3, -0.25) is 4.79 Å². The third kappa shape index (κ3) is 3.60. The van der Waals surface area contributed by atoms with E-state index in [4.69, 9.17) is 9.47 Å². The van der Waals surface area contributed by atoms with Crippen LogP contribution in [0.1, 0.15) is 27.0 Å². The summed E-state index contributed by atoms with van der Waals surface area (Å²) in [6.07, 6.45) is 1.54. The van der Waals surface area contributed by atoms with Crippen LogP contribution in [-0.2, 0) is 6.61 Å². The minimum atomic E-state index is -0.362. The molecule has 3 aromatic rings. The predicted octanol–water partition coefficient (Wildman–Crippen LogP) is 5.33. The highest BCUT2D eigenvalue weighted by atomic mass is 19.1. The summed E-state index contributed by atoms with van der Waals surface area (Å²) in [5.41, 5.74) is 3.30. The predicted molar refractivity (Wildman–Crippen MR) is 101 cm³/mol. The van der Waals surface area contributed by atoms with Gasteiger partial charge in [0.25, 0.3) is 0 Å². The van der Waals surface area contributed by atoms with E-state index in [-0.39, 0.29) is 17.4 Å². The molecular weight excluding hydrogens is 343 g/mol. The quantitative estimate of drug-likeness (QED) is 0.590. The van der Waals surface area contributed by atoms with Crippen molar-refractivity contribution in [3.05, 3.63) is 101 Å². The van der Waals surface area contributed by atoms with Crippen LogP contribution in [0.2, 0.25) is 0 Å². The van der Waals surface area contributed by atoms with Gasteiger partial charge in [-0.25, -0.2) is 4.39 Å². The molecule has 0 fully saturated rings. The Morgan fingerprint density at radius 3 is 2.70 bits per heavy atom. The van der Waals surface area contributed by atoms with Gasteiger partial charge in [0.05, 0.1) is 5.56 Å². The van der Waals surface area contributed by atoms with Gasteiger partial charge in [0, 0.05) is 6.07 Å². The van der Waals surface area contributed by atoms with Gasteiger partial charge < -0.3 is 9.47 Å². The topological polar surface area (TPSA) is 35.5 Å². The van der Waals surface area contributed by atoms with Gasteiger partial charge in [0.2, 0.25) is 5.78 Å². The van der Waals surface area contributed by atoms with Crippen LogP contribution in [0.5, 0.6) is 11.5 Å². The molecule has 0 spiro atoms. The number of hydrogen-bond donors (Lipinski definition) is 0. The first-order valence-corrected chi connectivity index (χ1v) is 8.61. The normalized spacial score (nSPS) is 14.1. The summed E-state index contributed by atoms with van der Waals surface area (Å²) in [6.45, 7) is 2.47. The molecule has 0 N–H and O–H groups in total. The molecule has 0 amide bonds. The fraction of sp³-hybridized carbons (Fsp3) is 0.0870. The molecule has 0 radical (unpaired) electrons. The van der Waals surface area contributed by atoms with Crippen LogP contribution < -0.4 is 9.47 Å². The van der Waals surface area contributed by atoms with Crippen molar-refractivity contribution >= 4 is 11.9 Å². The van der Waals surface area contributed by atoms with Gasteiger partial charge in [-0.05, 0) is 54.0 Å². The molecule has 1 aliphatic heterocycles. The molecule has 1 heterocycles. The number of carbonyl (C=O) groups excluding carboxylic acids is 1. The summed E-state index contributed by atoms with van der Waals surface area (Å²) in [5, 5.41) is 0. The maximum absolute atomic E-state index is 13.3. The first-order chi connectivity index (χ1) is 13.1. The van der Waals surface area contributed by atoms with E-state index in [2.05, 4.69) is 0 Å². The van der Waals surface area contributed by atoms with Gasteiger partial charge >= 0.3 is 0 Å². The summed E-state index contributed by atoms with van der Waals surface area (Å²) in [4.78, 5) is 12.5. The van der Waals surface area contributed by atoms with Crippen molar-refractivity contribution in [2.45, 2.75) is 13.5 Å². The molecule has 4 rings (SSSR count). The zero-order valence-electron chi connectivity index (χ0n) is 14.7. The molecule has 134 valence electrons. The molecule has 27 heavy (non-hydrogen) atoms. The highest BCUT2D eigenvalue weighted by molar-refractivity contribution is 6.14. The first-order valence-electron chi connectivity index (χ1n) is 8.61. The fourth-order valence-electron chi connectivity index (χ4n) is 2.94. The number of Topliss-reactive ketones (excluding diaryl/α,β-unsaturated/α-hetero) is 1. The van der Waals surface area contributed by atoms with Crippen molar-refractivity contribution in [2.24, 2.45) is 0 Å². The smallest absolute Gasteiger partial charge is 0.231 e. The van der Waals surface area contributed by atoms with Crippen molar-refractivity contribution in [1.82, 2.24) is 0 Å². The van der Waals surface area contributed by atoms with Crippen molar-refractivity contribution in [1.29, 1.82) is 0 Å². The monoisotopic (exact) mass is 360 g/mol. The Labute approximate surface area is 156 Å². The molecule has 0 saturated carbocycles. The number of ketones is 1. The van der Waals surface area contributed by atoms with E-state index in [0.29, 0.717) is 29.2 Å². The second-order valence-electron chi connectivity index (χ2n) is 6.37. The largest absolute Gasteiger partial charge is 0.489 e. The Hall–Kier alpha value is -3.40. The van der Waals surface area contributed by atoms with E-state index in [1.54, 1.807) is 36.4 Å². The van der Waals surface area contributed by atoms with Gasteiger partial charge in [0.1, 0.15) is 23.9 Å². The zero-order chi connectivity index (χ0) is 18.8. The van der Waals surface area contributed by atoms with Gasteiger partial charge in [-0.2, -0.15) is 0 Å². The van der Waals surface area contributed by atoms with Crippen LogP contribution in [-0.4, -0.2) is 5.78 Å². The molecule has 0 unspecified atom stereocenters. The van der Waals surface area contributed by atoms with Crippen LogP contribution in [0, 0.1) is 12.7 Å². The van der Waals surface area contributed by atoms with Crippen LogP contribution in [0.25, 0.3) is 6.08 Å². The highest BCUT2D eigenvalue weighted by Crippen LogP contribution is 2.35. The number of aryl methyl sites for hydroxylation is 1. The van der Waals surface area contributed by atoms with Gasteiger partial charge in [-0.15, -0.1) is 0 Å². The number of carbonyl (C=O) groups is 1. The maximum atomic E-state index is 13.3. The molecule has 0 saturated heterocycles. The van der Waals surface area contributed by atoms with Gasteiger partial charge in [-0.1, -0.05) is 36.4 Å². The van der Waals surface area contributed by atoms with E-state index < -0.39 is 0 Å². The standard InChI is InChI=1S/C23H17FO3/c1-15-5-2-3-7-17(15)14-26-19-9-10-20-21(13-19)27-22(23(20)25)12-16-6-4-8-18(24)11-16/h2-13H,14H2,1H3/b22-12-. The number of halogens is 1. The second kappa shape index (κ2) is 7.08. The number of fused-ring (bicyclic) bond motifs is 1. The summed E-state index contributed by atoms with van der Waals surface area (Å²) in [7, 11) is 0. The Morgan fingerprint density at radius 2 is 1.89 bits per heavy atom. The first kappa shape index (κ1) is 17.0. The fourth-order valence-corrected chi connectivity index (χ4v) is 2.94. The molecule has 3 nitrogen and oxygen atoms in total. The lowest BCUT2D eigenvalue weighted by molar-refractivity contribution is 0.101. The lowest BCUT2D eigenvalue weighted by Gasteiger charge is -2.09. The average Bonchev–Trinajstić information content (AvgIpc) is 2.96. The summed E-state index contributed by atoms with van der Waals surface area (Å²) in [6, 6.07) is 19.2. The molecule has 3 aromatic carbocycles. The Morgan fingerprint density at radius 1 is 1.04 bits per heavy atom. The average molecular weight is 360 g/mol. The highest BCUT2D eigenvalue weighted by Gasteiger charge is 2.27. The third-order valence-electron chi connectivity index (χ3n) is 4.44. The van der Waals surface area contributed by atoms with E-state index >= 15 is 0 Å². The minimum absolute atomic E-state index is 0.173. The summed E-state index contributed by atoms with van der Waals surface area (Å²) in [5.74, 6) is 0.660. The Bertz CT molecular complexity index is 1050. The van der Waals surface area contributed by atoms with E-state index in [1.807, 2.05) is 31.2 Å². The Kier molecular flexibility index (Phi) is 4.47. The molecule has 0 bridgehead atoms. The van der Waals surface area contributed by atoms with Crippen LogP contribution >= 0.6 is 0 Å². The molecule has 0 aliphatic carbocycles.